The minimum Gasteiger partial charge on any atom is -0.497 e. The van der Waals surface area contributed by atoms with E-state index in [-0.39, 0.29) is 11.3 Å². The second-order valence-electron chi connectivity index (χ2n) is 4.41. The molecular formula is C16H17F2NO. The number of hydrogen-bond acceptors (Lipinski definition) is 2. The fraction of sp³-hybridized carbons (Fsp3) is 0.250. The molecule has 4 heteroatoms. The van der Waals surface area contributed by atoms with Gasteiger partial charge in [0.2, 0.25) is 0 Å². The molecule has 20 heavy (non-hydrogen) atoms. The molecule has 0 bridgehead atoms. The van der Waals surface area contributed by atoms with Gasteiger partial charge in [-0.05, 0) is 12.1 Å². The molecule has 0 aliphatic heterocycles. The summed E-state index contributed by atoms with van der Waals surface area (Å²) in [5.74, 6) is -1.06. The highest BCUT2D eigenvalue weighted by atomic mass is 19.1. The first-order chi connectivity index (χ1) is 9.67. The Labute approximate surface area is 117 Å². The number of hydrogen-bond donors (Lipinski definition) is 1. The summed E-state index contributed by atoms with van der Waals surface area (Å²) < 4.78 is 33.3. The molecule has 0 radical (unpaired) electrons. The molecular weight excluding hydrogens is 260 g/mol. The van der Waals surface area contributed by atoms with Crippen molar-refractivity contribution < 1.29 is 13.5 Å². The topological polar surface area (TPSA) is 21.3 Å². The van der Waals surface area contributed by atoms with E-state index in [1.54, 1.807) is 0 Å². The smallest absolute Gasteiger partial charge is 0.134 e. The van der Waals surface area contributed by atoms with E-state index < -0.39 is 17.7 Å². The van der Waals surface area contributed by atoms with E-state index in [1.165, 1.54) is 19.2 Å². The molecule has 0 aliphatic carbocycles. The van der Waals surface area contributed by atoms with E-state index in [0.29, 0.717) is 6.54 Å². The van der Waals surface area contributed by atoms with Crippen molar-refractivity contribution >= 4 is 0 Å². The van der Waals surface area contributed by atoms with E-state index in [9.17, 15) is 8.78 Å². The van der Waals surface area contributed by atoms with Crippen LogP contribution in [0.5, 0.6) is 5.75 Å². The molecule has 0 amide bonds. The first-order valence-electron chi connectivity index (χ1n) is 6.48. The largest absolute Gasteiger partial charge is 0.497 e. The third-order valence-electron chi connectivity index (χ3n) is 3.12. The van der Waals surface area contributed by atoms with Crippen molar-refractivity contribution in [3.05, 3.63) is 65.2 Å². The molecule has 2 nitrogen and oxygen atoms in total. The predicted octanol–water partition coefficient (Wildman–Crippen LogP) is 3.67. The van der Waals surface area contributed by atoms with Crippen LogP contribution in [0, 0.1) is 11.6 Å². The summed E-state index contributed by atoms with van der Waals surface area (Å²) >= 11 is 0. The molecule has 2 rings (SSSR count). The standard InChI is InChI=1S/C16H17F2NO/c1-3-19-16(11-7-5-4-6-8-11)15-13(17)9-12(20-2)10-14(15)18/h4-10,16,19H,3H2,1-2H3. The molecule has 0 fully saturated rings. The summed E-state index contributed by atoms with van der Waals surface area (Å²) in [5.41, 5.74) is 0.830. The summed E-state index contributed by atoms with van der Waals surface area (Å²) in [4.78, 5) is 0. The van der Waals surface area contributed by atoms with Gasteiger partial charge in [-0.15, -0.1) is 0 Å². The van der Waals surface area contributed by atoms with Gasteiger partial charge in [0.25, 0.3) is 0 Å². The number of methoxy groups -OCH3 is 1. The van der Waals surface area contributed by atoms with Gasteiger partial charge in [0.15, 0.2) is 0 Å². The van der Waals surface area contributed by atoms with Crippen molar-refractivity contribution in [1.82, 2.24) is 5.32 Å². The second-order valence-corrected chi connectivity index (χ2v) is 4.41. The Kier molecular flexibility index (Phi) is 4.69. The molecule has 1 unspecified atom stereocenters. The van der Waals surface area contributed by atoms with Crippen LogP contribution >= 0.6 is 0 Å². The normalized spacial score (nSPS) is 12.2. The minimum absolute atomic E-state index is 0.0128. The lowest BCUT2D eigenvalue weighted by atomic mass is 9.97. The minimum atomic E-state index is -0.614. The molecule has 106 valence electrons. The second kappa shape index (κ2) is 6.48. The van der Waals surface area contributed by atoms with Crippen molar-refractivity contribution in [2.75, 3.05) is 13.7 Å². The lowest BCUT2D eigenvalue weighted by Crippen LogP contribution is -2.24. The van der Waals surface area contributed by atoms with Gasteiger partial charge in [0.1, 0.15) is 17.4 Å². The van der Waals surface area contributed by atoms with Crippen LogP contribution in [0.2, 0.25) is 0 Å². The zero-order valence-corrected chi connectivity index (χ0v) is 11.5. The molecule has 1 atom stereocenters. The summed E-state index contributed by atoms with van der Waals surface area (Å²) in [6.45, 7) is 2.50. The Morgan fingerprint density at radius 3 is 2.20 bits per heavy atom. The molecule has 0 spiro atoms. The highest BCUT2D eigenvalue weighted by Gasteiger charge is 2.22. The number of ether oxygens (including phenoxy) is 1. The van der Waals surface area contributed by atoms with Crippen molar-refractivity contribution in [3.63, 3.8) is 0 Å². The monoisotopic (exact) mass is 277 g/mol. The van der Waals surface area contributed by atoms with Gasteiger partial charge in [-0.25, -0.2) is 8.78 Å². The lowest BCUT2D eigenvalue weighted by Gasteiger charge is -2.20. The van der Waals surface area contributed by atoms with Gasteiger partial charge < -0.3 is 10.1 Å². The van der Waals surface area contributed by atoms with Gasteiger partial charge in [0.05, 0.1) is 13.2 Å². The molecule has 0 saturated carbocycles. The molecule has 0 heterocycles. The van der Waals surface area contributed by atoms with Gasteiger partial charge in [-0.2, -0.15) is 0 Å². The Morgan fingerprint density at radius 2 is 1.70 bits per heavy atom. The van der Waals surface area contributed by atoms with Gasteiger partial charge >= 0.3 is 0 Å². The maximum Gasteiger partial charge on any atom is 0.134 e. The fourth-order valence-corrected chi connectivity index (χ4v) is 2.19. The van der Waals surface area contributed by atoms with Crippen LogP contribution in [-0.4, -0.2) is 13.7 Å². The number of nitrogens with one attached hydrogen (secondary N) is 1. The molecule has 2 aromatic carbocycles. The van der Waals surface area contributed by atoms with Crippen molar-refractivity contribution in [1.29, 1.82) is 0 Å². The van der Waals surface area contributed by atoms with Crippen LogP contribution in [0.15, 0.2) is 42.5 Å². The summed E-state index contributed by atoms with van der Waals surface area (Å²) in [6, 6.07) is 11.1. The Bertz CT molecular complexity index is 549. The quantitative estimate of drug-likeness (QED) is 0.900. The van der Waals surface area contributed by atoms with Crippen LogP contribution in [0.3, 0.4) is 0 Å². The van der Waals surface area contributed by atoms with Crippen molar-refractivity contribution in [2.45, 2.75) is 13.0 Å². The Balaban J connectivity index is 2.50. The first kappa shape index (κ1) is 14.5. The summed E-state index contributed by atoms with van der Waals surface area (Å²) in [7, 11) is 1.38. The Morgan fingerprint density at radius 1 is 1.10 bits per heavy atom. The SMILES string of the molecule is CCNC(c1ccccc1)c1c(F)cc(OC)cc1F. The average molecular weight is 277 g/mol. The van der Waals surface area contributed by atoms with Gasteiger partial charge in [-0.1, -0.05) is 37.3 Å². The van der Waals surface area contributed by atoms with E-state index in [2.05, 4.69) is 5.32 Å². The van der Waals surface area contributed by atoms with Crippen molar-refractivity contribution in [2.24, 2.45) is 0 Å². The van der Waals surface area contributed by atoms with E-state index in [1.807, 2.05) is 37.3 Å². The van der Waals surface area contributed by atoms with Gasteiger partial charge in [0, 0.05) is 17.7 Å². The molecule has 0 aromatic heterocycles. The molecule has 2 aromatic rings. The first-order valence-corrected chi connectivity index (χ1v) is 6.48. The molecule has 0 saturated heterocycles. The van der Waals surface area contributed by atoms with Gasteiger partial charge in [-0.3, -0.25) is 0 Å². The van der Waals surface area contributed by atoms with Crippen LogP contribution in [-0.2, 0) is 0 Å². The maximum atomic E-state index is 14.2. The van der Waals surface area contributed by atoms with Crippen LogP contribution < -0.4 is 10.1 Å². The highest BCUT2D eigenvalue weighted by Crippen LogP contribution is 2.29. The third kappa shape index (κ3) is 2.96. The summed E-state index contributed by atoms with van der Waals surface area (Å²) in [6.07, 6.45) is 0. The Hall–Kier alpha value is -1.94. The van der Waals surface area contributed by atoms with E-state index in [0.717, 1.165) is 5.56 Å². The maximum absolute atomic E-state index is 14.2. The zero-order chi connectivity index (χ0) is 14.5. The molecule has 0 aliphatic rings. The summed E-state index contributed by atoms with van der Waals surface area (Å²) in [5, 5.41) is 3.11. The number of halogens is 2. The molecule has 1 N–H and O–H groups in total. The zero-order valence-electron chi connectivity index (χ0n) is 11.5. The third-order valence-corrected chi connectivity index (χ3v) is 3.12. The number of benzene rings is 2. The highest BCUT2D eigenvalue weighted by molar-refractivity contribution is 5.38. The fourth-order valence-electron chi connectivity index (χ4n) is 2.19. The van der Waals surface area contributed by atoms with Crippen LogP contribution in [0.1, 0.15) is 24.1 Å². The lowest BCUT2D eigenvalue weighted by molar-refractivity contribution is 0.403. The average Bonchev–Trinajstić information content (AvgIpc) is 2.46. The van der Waals surface area contributed by atoms with Crippen molar-refractivity contribution in [3.8, 4) is 5.75 Å². The number of rotatable bonds is 5. The van der Waals surface area contributed by atoms with E-state index >= 15 is 0 Å². The van der Waals surface area contributed by atoms with Crippen LogP contribution in [0.4, 0.5) is 8.78 Å². The predicted molar refractivity (Wildman–Crippen MR) is 74.9 cm³/mol. The van der Waals surface area contributed by atoms with E-state index in [4.69, 9.17) is 4.74 Å². The van der Waals surface area contributed by atoms with Crippen LogP contribution in [0.25, 0.3) is 0 Å².